The summed E-state index contributed by atoms with van der Waals surface area (Å²) in [4.78, 5) is 16.2. The zero-order valence-electron chi connectivity index (χ0n) is 14.1. The highest BCUT2D eigenvalue weighted by Crippen LogP contribution is 2.21. The predicted molar refractivity (Wildman–Crippen MR) is 101 cm³/mol. The monoisotopic (exact) mass is 354 g/mol. The van der Waals surface area contributed by atoms with Crippen LogP contribution in [0.1, 0.15) is 28.3 Å². The van der Waals surface area contributed by atoms with Crippen molar-refractivity contribution in [3.8, 4) is 0 Å². The summed E-state index contributed by atoms with van der Waals surface area (Å²) in [5.41, 5.74) is 0.759. The van der Waals surface area contributed by atoms with E-state index in [0.29, 0.717) is 11.7 Å². The zero-order chi connectivity index (χ0) is 17.1. The van der Waals surface area contributed by atoms with Gasteiger partial charge in [0.2, 0.25) is 0 Å². The van der Waals surface area contributed by atoms with E-state index >= 15 is 0 Å². The fourth-order valence-corrected chi connectivity index (χ4v) is 4.14. The minimum atomic E-state index is -0.114. The van der Waals surface area contributed by atoms with E-state index in [-0.39, 0.29) is 5.91 Å². The number of nitrogens with zero attached hydrogens (tertiary/aromatic N) is 1. The first-order chi connectivity index (χ1) is 12.3. The van der Waals surface area contributed by atoms with Gasteiger partial charge in [-0.25, -0.2) is 0 Å². The lowest BCUT2D eigenvalue weighted by atomic mass is 9.96. The summed E-state index contributed by atoms with van der Waals surface area (Å²) in [6, 6.07) is 13.8. The minimum absolute atomic E-state index is 0.114. The Hall–Kier alpha value is -2.11. The molecule has 0 atom stereocenters. The maximum Gasteiger partial charge on any atom is 0.287 e. The predicted octanol–water partition coefficient (Wildman–Crippen LogP) is 4.14. The molecule has 1 amide bonds. The van der Waals surface area contributed by atoms with E-state index < -0.39 is 0 Å². The third kappa shape index (κ3) is 3.94. The molecular formula is C20H22N2O2S. The highest BCUT2D eigenvalue weighted by atomic mass is 32.1. The molecule has 0 bridgehead atoms. The first-order valence-corrected chi connectivity index (χ1v) is 9.67. The lowest BCUT2D eigenvalue weighted by molar-refractivity contribution is 0.0910. The highest BCUT2D eigenvalue weighted by molar-refractivity contribution is 7.09. The standard InChI is InChI=1S/C20H22N2O2S/c23-20(19-12-16-4-1-2-6-18(16)24-19)21-13-15-7-9-22(10-8-15)14-17-5-3-11-25-17/h1-6,11-12,15H,7-10,13-14H2,(H,21,23). The molecule has 1 aliphatic heterocycles. The number of carbonyl (C=O) groups is 1. The molecule has 1 aliphatic rings. The molecule has 0 spiro atoms. The van der Waals surface area contributed by atoms with E-state index in [4.69, 9.17) is 4.42 Å². The zero-order valence-corrected chi connectivity index (χ0v) is 14.9. The van der Waals surface area contributed by atoms with Gasteiger partial charge in [0, 0.05) is 23.4 Å². The third-order valence-electron chi connectivity index (χ3n) is 4.87. The number of benzene rings is 1. The Morgan fingerprint density at radius 3 is 2.80 bits per heavy atom. The first kappa shape index (κ1) is 16.4. The van der Waals surface area contributed by atoms with Crippen LogP contribution in [0.2, 0.25) is 0 Å². The maximum absolute atomic E-state index is 12.3. The van der Waals surface area contributed by atoms with Gasteiger partial charge >= 0.3 is 0 Å². The van der Waals surface area contributed by atoms with Gasteiger partial charge in [-0.2, -0.15) is 0 Å². The fourth-order valence-electron chi connectivity index (χ4n) is 3.39. The van der Waals surface area contributed by atoms with Crippen molar-refractivity contribution in [2.45, 2.75) is 19.4 Å². The summed E-state index contributed by atoms with van der Waals surface area (Å²) >= 11 is 1.82. The lowest BCUT2D eigenvalue weighted by Crippen LogP contribution is -2.38. The molecule has 0 aliphatic carbocycles. The first-order valence-electron chi connectivity index (χ1n) is 8.79. The summed E-state index contributed by atoms with van der Waals surface area (Å²) < 4.78 is 5.63. The number of fused-ring (bicyclic) bond motifs is 1. The van der Waals surface area contributed by atoms with Crippen molar-refractivity contribution in [2.75, 3.05) is 19.6 Å². The van der Waals surface area contributed by atoms with Crippen molar-refractivity contribution >= 4 is 28.2 Å². The molecule has 1 saturated heterocycles. The third-order valence-corrected chi connectivity index (χ3v) is 5.73. The van der Waals surface area contributed by atoms with Gasteiger partial charge in [0.25, 0.3) is 5.91 Å². The topological polar surface area (TPSA) is 45.5 Å². The molecule has 1 N–H and O–H groups in total. The second-order valence-electron chi connectivity index (χ2n) is 6.66. The second kappa shape index (κ2) is 7.42. The Morgan fingerprint density at radius 2 is 2.04 bits per heavy atom. The van der Waals surface area contributed by atoms with Crippen molar-refractivity contribution < 1.29 is 9.21 Å². The van der Waals surface area contributed by atoms with Gasteiger partial charge in [-0.15, -0.1) is 11.3 Å². The number of likely N-dealkylation sites (tertiary alicyclic amines) is 1. The Morgan fingerprint density at radius 1 is 1.20 bits per heavy atom. The molecule has 4 nitrogen and oxygen atoms in total. The molecule has 3 aromatic rings. The number of amides is 1. The maximum atomic E-state index is 12.3. The van der Waals surface area contributed by atoms with E-state index in [1.807, 2.05) is 41.7 Å². The lowest BCUT2D eigenvalue weighted by Gasteiger charge is -2.31. The number of rotatable bonds is 5. The fraction of sp³-hybridized carbons (Fsp3) is 0.350. The number of thiophene rings is 1. The Bertz CT molecular complexity index is 799. The molecule has 1 fully saturated rings. The van der Waals surface area contributed by atoms with E-state index in [0.717, 1.165) is 50.0 Å². The molecule has 3 heterocycles. The van der Waals surface area contributed by atoms with Crippen molar-refractivity contribution in [1.82, 2.24) is 10.2 Å². The molecular weight excluding hydrogens is 332 g/mol. The van der Waals surface area contributed by atoms with Crippen LogP contribution in [0.5, 0.6) is 0 Å². The summed E-state index contributed by atoms with van der Waals surface area (Å²) in [5, 5.41) is 6.14. The molecule has 130 valence electrons. The van der Waals surface area contributed by atoms with Crippen LogP contribution in [0.15, 0.2) is 52.3 Å². The van der Waals surface area contributed by atoms with Gasteiger partial charge in [-0.3, -0.25) is 9.69 Å². The van der Waals surface area contributed by atoms with Crippen LogP contribution >= 0.6 is 11.3 Å². The summed E-state index contributed by atoms with van der Waals surface area (Å²) in [6.07, 6.45) is 2.26. The van der Waals surface area contributed by atoms with Crippen molar-refractivity contribution in [1.29, 1.82) is 0 Å². The summed E-state index contributed by atoms with van der Waals surface area (Å²) in [5.74, 6) is 0.835. The molecule has 5 heteroatoms. The van der Waals surface area contributed by atoms with E-state index in [1.165, 1.54) is 4.88 Å². The van der Waals surface area contributed by atoms with Crippen LogP contribution in [-0.4, -0.2) is 30.4 Å². The largest absolute Gasteiger partial charge is 0.451 e. The van der Waals surface area contributed by atoms with Crippen LogP contribution < -0.4 is 5.32 Å². The van der Waals surface area contributed by atoms with Gasteiger partial charge in [-0.1, -0.05) is 24.3 Å². The van der Waals surface area contributed by atoms with Crippen LogP contribution in [0, 0.1) is 5.92 Å². The number of nitrogens with one attached hydrogen (secondary N) is 1. The second-order valence-corrected chi connectivity index (χ2v) is 7.69. The van der Waals surface area contributed by atoms with Gasteiger partial charge in [0.15, 0.2) is 5.76 Å². The highest BCUT2D eigenvalue weighted by Gasteiger charge is 2.21. The van der Waals surface area contributed by atoms with Crippen LogP contribution in [0.4, 0.5) is 0 Å². The van der Waals surface area contributed by atoms with E-state index in [9.17, 15) is 4.79 Å². The minimum Gasteiger partial charge on any atom is -0.451 e. The van der Waals surface area contributed by atoms with Crippen molar-refractivity contribution in [3.63, 3.8) is 0 Å². The van der Waals surface area contributed by atoms with Crippen LogP contribution in [0.3, 0.4) is 0 Å². The molecule has 2 aromatic heterocycles. The van der Waals surface area contributed by atoms with Crippen LogP contribution in [-0.2, 0) is 6.54 Å². The van der Waals surface area contributed by atoms with E-state index in [1.54, 1.807) is 0 Å². The van der Waals surface area contributed by atoms with E-state index in [2.05, 4.69) is 27.7 Å². The number of hydrogen-bond acceptors (Lipinski definition) is 4. The molecule has 0 radical (unpaired) electrons. The quantitative estimate of drug-likeness (QED) is 0.749. The number of furan rings is 1. The van der Waals surface area contributed by atoms with Gasteiger partial charge in [-0.05, 0) is 55.4 Å². The van der Waals surface area contributed by atoms with Gasteiger partial charge in [0.1, 0.15) is 5.58 Å². The average molecular weight is 354 g/mol. The normalized spacial score (nSPS) is 16.3. The smallest absolute Gasteiger partial charge is 0.287 e. The number of piperidine rings is 1. The average Bonchev–Trinajstić information content (AvgIpc) is 3.30. The Labute approximate surface area is 151 Å². The van der Waals surface area contributed by atoms with Crippen molar-refractivity contribution in [2.24, 2.45) is 5.92 Å². The number of hydrogen-bond donors (Lipinski definition) is 1. The Balaban J connectivity index is 1.25. The SMILES string of the molecule is O=C(NCC1CCN(Cc2cccs2)CC1)c1cc2ccccc2o1. The summed E-state index contributed by atoms with van der Waals surface area (Å²) in [6.45, 7) is 3.98. The van der Waals surface area contributed by atoms with Crippen LogP contribution in [0.25, 0.3) is 11.0 Å². The molecule has 25 heavy (non-hydrogen) atoms. The van der Waals surface area contributed by atoms with Crippen molar-refractivity contribution in [3.05, 3.63) is 58.5 Å². The molecule has 0 unspecified atom stereocenters. The molecule has 4 rings (SSSR count). The summed E-state index contributed by atoms with van der Waals surface area (Å²) in [7, 11) is 0. The van der Waals surface area contributed by atoms with Gasteiger partial charge < -0.3 is 9.73 Å². The number of carbonyl (C=O) groups excluding carboxylic acids is 1. The van der Waals surface area contributed by atoms with Gasteiger partial charge in [0.05, 0.1) is 0 Å². The molecule has 0 saturated carbocycles. The molecule has 1 aromatic carbocycles. The number of para-hydroxylation sites is 1. The Kier molecular flexibility index (Phi) is 4.85.